The highest BCUT2D eigenvalue weighted by Crippen LogP contribution is 2.59. The number of hydrogen-bond acceptors (Lipinski definition) is 1. The first kappa shape index (κ1) is 47.5. The third-order valence-electron chi connectivity index (χ3n) is 19.3. The zero-order valence-corrected chi connectivity index (χ0v) is 46.1. The maximum absolute atomic E-state index is 2.54. The summed E-state index contributed by atoms with van der Waals surface area (Å²) in [4.78, 5) is 2.43. The summed E-state index contributed by atoms with van der Waals surface area (Å²) in [6.07, 6.45) is 12.5. The Balaban J connectivity index is 0.861. The second kappa shape index (κ2) is 17.3. The number of benzene rings is 9. The summed E-state index contributed by atoms with van der Waals surface area (Å²) in [5.41, 5.74) is 28.6. The van der Waals surface area contributed by atoms with Crippen LogP contribution in [0.25, 0.3) is 77.6 Å². The Bertz CT molecular complexity index is 4100. The molecule has 1 heterocycles. The molecule has 4 aliphatic rings. The molecule has 2 nitrogen and oxygen atoms in total. The number of rotatable bonds is 10. The fraction of sp³-hybridized carbons (Fsp3) is 0.227. The minimum absolute atomic E-state index is 0.00567. The van der Waals surface area contributed by atoms with Crippen LogP contribution < -0.4 is 4.90 Å². The van der Waals surface area contributed by atoms with Gasteiger partial charge in [0.05, 0.1) is 11.0 Å². The highest BCUT2D eigenvalue weighted by molar-refractivity contribution is 6.11. The first-order valence-electron chi connectivity index (χ1n) is 28.4. The van der Waals surface area contributed by atoms with E-state index in [0.29, 0.717) is 0 Å². The van der Waals surface area contributed by atoms with Crippen LogP contribution in [-0.4, -0.2) is 4.57 Å². The van der Waals surface area contributed by atoms with Gasteiger partial charge in [-0.1, -0.05) is 183 Å². The number of aromatic nitrogens is 1. The predicted molar refractivity (Wildman–Crippen MR) is 328 cm³/mol. The van der Waals surface area contributed by atoms with Crippen molar-refractivity contribution in [3.63, 3.8) is 0 Å². The maximum Gasteiger partial charge on any atom is 0.0541 e. The van der Waals surface area contributed by atoms with Crippen molar-refractivity contribution in [2.45, 2.75) is 109 Å². The lowest BCUT2D eigenvalue weighted by Gasteiger charge is -2.43. The van der Waals surface area contributed by atoms with Gasteiger partial charge in [-0.2, -0.15) is 0 Å². The van der Waals surface area contributed by atoms with Gasteiger partial charge in [0.2, 0.25) is 0 Å². The largest absolute Gasteiger partial charge is 0.310 e. The van der Waals surface area contributed by atoms with Gasteiger partial charge >= 0.3 is 0 Å². The van der Waals surface area contributed by atoms with Gasteiger partial charge in [-0.25, -0.2) is 0 Å². The van der Waals surface area contributed by atoms with E-state index in [1.54, 1.807) is 0 Å². The molecule has 4 aliphatic carbocycles. The molecule has 1 aromatic heterocycles. The number of anilines is 3. The standard InChI is InChI=1S/C75H68N2/c1-9-72(3,4)54-28-40-71-65(43-54)64-41-52(53-25-35-62-63-36-27-55-44-69(63)75(8,68(62)42-53)47-74(55,7)10-2)26-39-70(64)77(71)59-34-38-61-60-37-33-58(45-66(60)73(5,6)67(61)46-59)76(56-29-21-50(22-30-56)48-17-13-11-14-18-48)57-31-23-51(24-32-57)49-19-15-12-16-20-49/h11,13-15,17-46H,9-10,12,16,47H2,1-8H3. The molecule has 0 amide bonds. The molecule has 0 aliphatic heterocycles. The average molecular weight is 997 g/mol. The first-order chi connectivity index (χ1) is 37.3. The number of allylic oxidation sites excluding steroid dienone is 4. The molecule has 0 spiro atoms. The van der Waals surface area contributed by atoms with Gasteiger partial charge in [-0.15, -0.1) is 0 Å². The molecule has 0 radical (unpaired) electrons. The van der Waals surface area contributed by atoms with Crippen molar-refractivity contribution in [1.29, 1.82) is 0 Å². The highest BCUT2D eigenvalue weighted by atomic mass is 15.1. The Morgan fingerprint density at radius 2 is 1.06 bits per heavy atom. The van der Waals surface area contributed by atoms with Crippen molar-refractivity contribution in [3.05, 3.63) is 245 Å². The fourth-order valence-electron chi connectivity index (χ4n) is 14.2. The Morgan fingerprint density at radius 3 is 1.77 bits per heavy atom. The predicted octanol–water partition coefficient (Wildman–Crippen LogP) is 20.7. The second-order valence-corrected chi connectivity index (χ2v) is 24.5. The van der Waals surface area contributed by atoms with E-state index in [-0.39, 0.29) is 21.7 Å². The van der Waals surface area contributed by atoms with E-state index in [2.05, 4.69) is 271 Å². The quantitative estimate of drug-likeness (QED) is 0.133. The smallest absolute Gasteiger partial charge is 0.0541 e. The van der Waals surface area contributed by atoms with Crippen molar-refractivity contribution in [2.24, 2.45) is 0 Å². The van der Waals surface area contributed by atoms with E-state index in [1.165, 1.54) is 117 Å². The normalized spacial score (nSPS) is 18.6. The molecule has 2 bridgehead atoms. The summed E-state index contributed by atoms with van der Waals surface area (Å²) in [6.45, 7) is 19.3. The molecule has 2 unspecified atom stereocenters. The average Bonchev–Trinajstić information content (AvgIpc) is 4.24. The van der Waals surface area contributed by atoms with Crippen LogP contribution >= 0.6 is 0 Å². The van der Waals surface area contributed by atoms with Gasteiger partial charge in [0.1, 0.15) is 0 Å². The summed E-state index contributed by atoms with van der Waals surface area (Å²) >= 11 is 0. The minimum Gasteiger partial charge on any atom is -0.310 e. The molecule has 2 atom stereocenters. The Morgan fingerprint density at radius 1 is 0.494 bits per heavy atom. The molecule has 14 rings (SSSR count). The van der Waals surface area contributed by atoms with Gasteiger partial charge in [0.15, 0.2) is 0 Å². The van der Waals surface area contributed by atoms with Gasteiger partial charge in [0.25, 0.3) is 0 Å². The van der Waals surface area contributed by atoms with Crippen molar-refractivity contribution >= 4 is 44.4 Å². The van der Waals surface area contributed by atoms with Gasteiger partial charge in [0, 0.05) is 44.4 Å². The van der Waals surface area contributed by atoms with Crippen LogP contribution in [-0.2, 0) is 21.7 Å². The van der Waals surface area contributed by atoms with Crippen LogP contribution in [0, 0.1) is 0 Å². The summed E-state index contributed by atoms with van der Waals surface area (Å²) in [7, 11) is 0. The van der Waals surface area contributed by atoms with E-state index in [0.717, 1.165) is 49.2 Å². The number of fused-ring (bicyclic) bond motifs is 10. The molecule has 2 heteroatoms. The third-order valence-corrected chi connectivity index (χ3v) is 19.3. The zero-order valence-electron chi connectivity index (χ0n) is 46.1. The van der Waals surface area contributed by atoms with Crippen LogP contribution in [0.3, 0.4) is 0 Å². The monoisotopic (exact) mass is 997 g/mol. The lowest BCUT2D eigenvalue weighted by molar-refractivity contribution is 0.324. The Hall–Kier alpha value is -7.94. The summed E-state index contributed by atoms with van der Waals surface area (Å²) in [6, 6.07) is 72.6. The van der Waals surface area contributed by atoms with Crippen LogP contribution in [0.1, 0.15) is 126 Å². The SMILES string of the molecule is CCC(C)(C)c1ccc2c(c1)c1cc(-c3ccc4c(c3)C3(C)CC(C)(CC)c5ccc-4c3c5)ccc1n2-c1ccc2c(c1)C(C)(C)c1cc(N(c3ccc(C4=CCCC=C4)cc3)c3ccc(-c4ccccc4)cc3)ccc1-2. The molecule has 10 aromatic rings. The van der Waals surface area contributed by atoms with E-state index in [4.69, 9.17) is 0 Å². The van der Waals surface area contributed by atoms with Gasteiger partial charge < -0.3 is 9.47 Å². The van der Waals surface area contributed by atoms with Crippen molar-refractivity contribution in [1.82, 2.24) is 4.57 Å². The highest BCUT2D eigenvalue weighted by Gasteiger charge is 2.48. The lowest BCUT2D eigenvalue weighted by Crippen LogP contribution is -2.37. The van der Waals surface area contributed by atoms with E-state index in [9.17, 15) is 0 Å². The second-order valence-electron chi connectivity index (χ2n) is 24.5. The number of hydrogen-bond donors (Lipinski definition) is 0. The Labute approximate surface area is 456 Å². The third kappa shape index (κ3) is 7.27. The van der Waals surface area contributed by atoms with E-state index in [1.807, 2.05) is 0 Å². The summed E-state index contributed by atoms with van der Waals surface area (Å²) < 4.78 is 2.54. The van der Waals surface area contributed by atoms with Gasteiger partial charge in [-0.3, -0.25) is 0 Å². The Kier molecular flexibility index (Phi) is 10.7. The molecule has 0 saturated heterocycles. The molecule has 0 N–H and O–H groups in total. The topological polar surface area (TPSA) is 8.17 Å². The molecular weight excluding hydrogens is 929 g/mol. The van der Waals surface area contributed by atoms with Crippen molar-refractivity contribution in [2.75, 3.05) is 4.90 Å². The molecular formula is C75H68N2. The molecule has 378 valence electrons. The molecule has 0 fully saturated rings. The van der Waals surface area contributed by atoms with Crippen LogP contribution in [0.2, 0.25) is 0 Å². The fourth-order valence-corrected chi connectivity index (χ4v) is 14.2. The van der Waals surface area contributed by atoms with E-state index >= 15 is 0 Å². The summed E-state index contributed by atoms with van der Waals surface area (Å²) in [5.74, 6) is 0. The van der Waals surface area contributed by atoms with Crippen molar-refractivity contribution in [3.8, 4) is 50.2 Å². The van der Waals surface area contributed by atoms with Crippen LogP contribution in [0.4, 0.5) is 17.1 Å². The molecule has 0 saturated carbocycles. The van der Waals surface area contributed by atoms with E-state index < -0.39 is 0 Å². The van der Waals surface area contributed by atoms with Gasteiger partial charge in [-0.05, 0) is 211 Å². The number of nitrogens with zero attached hydrogens (tertiary/aromatic N) is 2. The molecule has 9 aromatic carbocycles. The maximum atomic E-state index is 2.54. The van der Waals surface area contributed by atoms with Crippen LogP contribution in [0.15, 0.2) is 206 Å². The minimum atomic E-state index is -0.258. The first-order valence-corrected chi connectivity index (χ1v) is 28.4. The zero-order chi connectivity index (χ0) is 52.6. The lowest BCUT2D eigenvalue weighted by atomic mass is 9.60. The summed E-state index contributed by atoms with van der Waals surface area (Å²) in [5, 5.41) is 2.61. The van der Waals surface area contributed by atoms with Crippen molar-refractivity contribution < 1.29 is 0 Å². The molecule has 77 heavy (non-hydrogen) atoms. The van der Waals surface area contributed by atoms with Crippen LogP contribution in [0.5, 0.6) is 0 Å².